The third-order valence-electron chi connectivity index (χ3n) is 2.37. The molecule has 1 N–H and O–H groups in total. The highest BCUT2D eigenvalue weighted by molar-refractivity contribution is 7.09. The Morgan fingerprint density at radius 2 is 2.11 bits per heavy atom. The number of aromatic nitrogens is 2. The van der Waals surface area contributed by atoms with Crippen LogP contribution in [0.2, 0.25) is 5.02 Å². The standard InChI is InChI=1S/C11H9ClF3N3S/c1-6(7-3-2-4-8(12)5-7)16-10-17-9(18-19-10)11(13,14)15/h2-6H,1H3,(H,16,17,18). The van der Waals surface area contributed by atoms with Crippen molar-refractivity contribution >= 4 is 28.3 Å². The fourth-order valence-corrected chi connectivity index (χ4v) is 2.31. The van der Waals surface area contributed by atoms with Crippen molar-refractivity contribution in [1.29, 1.82) is 0 Å². The molecule has 8 heteroatoms. The summed E-state index contributed by atoms with van der Waals surface area (Å²) in [6.45, 7) is 1.81. The fraction of sp³-hybridized carbons (Fsp3) is 0.273. The summed E-state index contributed by atoms with van der Waals surface area (Å²) in [5.41, 5.74) is 0.858. The van der Waals surface area contributed by atoms with Crippen LogP contribution in [-0.2, 0) is 6.18 Å². The number of rotatable bonds is 3. The molecule has 0 aliphatic carbocycles. The molecular formula is C11H9ClF3N3S. The van der Waals surface area contributed by atoms with Crippen molar-refractivity contribution in [3.05, 3.63) is 40.7 Å². The van der Waals surface area contributed by atoms with Crippen LogP contribution in [0.4, 0.5) is 18.3 Å². The van der Waals surface area contributed by atoms with Crippen molar-refractivity contribution in [2.45, 2.75) is 19.1 Å². The summed E-state index contributed by atoms with van der Waals surface area (Å²) >= 11 is 6.53. The van der Waals surface area contributed by atoms with Gasteiger partial charge in [0.1, 0.15) is 0 Å². The molecule has 0 fully saturated rings. The highest BCUT2D eigenvalue weighted by Crippen LogP contribution is 2.30. The Bertz CT molecular complexity index is 570. The lowest BCUT2D eigenvalue weighted by atomic mass is 10.1. The van der Waals surface area contributed by atoms with Crippen molar-refractivity contribution in [3.8, 4) is 0 Å². The zero-order valence-corrected chi connectivity index (χ0v) is 11.3. The van der Waals surface area contributed by atoms with Crippen LogP contribution >= 0.6 is 23.1 Å². The van der Waals surface area contributed by atoms with Gasteiger partial charge in [-0.05, 0) is 24.6 Å². The van der Waals surface area contributed by atoms with Crippen LogP contribution in [0.1, 0.15) is 24.4 Å². The maximum absolute atomic E-state index is 12.4. The summed E-state index contributed by atoms with van der Waals surface area (Å²) in [7, 11) is 0. The molecule has 0 spiro atoms. The molecule has 0 aliphatic heterocycles. The van der Waals surface area contributed by atoms with Crippen LogP contribution < -0.4 is 5.32 Å². The Labute approximate surface area is 116 Å². The third kappa shape index (κ3) is 3.57. The molecular weight excluding hydrogens is 299 g/mol. The van der Waals surface area contributed by atoms with Crippen LogP contribution in [0.15, 0.2) is 24.3 Å². The molecule has 1 aromatic carbocycles. The minimum atomic E-state index is -4.52. The van der Waals surface area contributed by atoms with E-state index in [0.717, 1.165) is 5.56 Å². The number of anilines is 1. The lowest BCUT2D eigenvalue weighted by Gasteiger charge is -2.13. The van der Waals surface area contributed by atoms with Gasteiger partial charge in [-0.3, -0.25) is 0 Å². The molecule has 0 bridgehead atoms. The van der Waals surface area contributed by atoms with E-state index >= 15 is 0 Å². The third-order valence-corrected chi connectivity index (χ3v) is 3.25. The average Bonchev–Trinajstić information content (AvgIpc) is 2.77. The van der Waals surface area contributed by atoms with Crippen LogP contribution in [-0.4, -0.2) is 9.36 Å². The summed E-state index contributed by atoms with van der Waals surface area (Å²) in [6.07, 6.45) is -4.52. The SMILES string of the molecule is CC(Nc1nc(C(F)(F)F)ns1)c1cccc(Cl)c1. The van der Waals surface area contributed by atoms with Gasteiger partial charge in [0.2, 0.25) is 11.0 Å². The highest BCUT2D eigenvalue weighted by atomic mass is 35.5. The number of alkyl halides is 3. The van der Waals surface area contributed by atoms with Gasteiger partial charge in [-0.15, -0.1) is 0 Å². The number of halogens is 4. The van der Waals surface area contributed by atoms with Gasteiger partial charge in [0, 0.05) is 16.6 Å². The Balaban J connectivity index is 2.11. The number of hydrogen-bond donors (Lipinski definition) is 1. The van der Waals surface area contributed by atoms with E-state index in [1.165, 1.54) is 0 Å². The van der Waals surface area contributed by atoms with Crippen LogP contribution in [0.25, 0.3) is 0 Å². The van der Waals surface area contributed by atoms with Gasteiger partial charge in [0.15, 0.2) is 0 Å². The van der Waals surface area contributed by atoms with E-state index in [0.29, 0.717) is 16.6 Å². The molecule has 1 unspecified atom stereocenters. The van der Waals surface area contributed by atoms with Crippen molar-refractivity contribution in [1.82, 2.24) is 9.36 Å². The van der Waals surface area contributed by atoms with Crippen LogP contribution in [0.3, 0.4) is 0 Å². The van der Waals surface area contributed by atoms with Gasteiger partial charge in [0.25, 0.3) is 0 Å². The number of nitrogens with one attached hydrogen (secondary N) is 1. The molecule has 0 aliphatic rings. The van der Waals surface area contributed by atoms with E-state index < -0.39 is 12.0 Å². The maximum Gasteiger partial charge on any atom is 0.452 e. The second kappa shape index (κ2) is 5.34. The number of hydrogen-bond acceptors (Lipinski definition) is 4. The molecule has 1 heterocycles. The van der Waals surface area contributed by atoms with Gasteiger partial charge in [-0.1, -0.05) is 23.7 Å². The maximum atomic E-state index is 12.4. The highest BCUT2D eigenvalue weighted by Gasteiger charge is 2.36. The second-order valence-corrected chi connectivity index (χ2v) is 5.03. The van der Waals surface area contributed by atoms with Gasteiger partial charge >= 0.3 is 6.18 Å². The van der Waals surface area contributed by atoms with Crippen molar-refractivity contribution in [2.75, 3.05) is 5.32 Å². The first kappa shape index (κ1) is 14.1. The van der Waals surface area contributed by atoms with E-state index in [-0.39, 0.29) is 11.2 Å². The Kier molecular flexibility index (Phi) is 3.96. The molecule has 19 heavy (non-hydrogen) atoms. The van der Waals surface area contributed by atoms with Crippen LogP contribution in [0, 0.1) is 0 Å². The first-order valence-corrected chi connectivity index (χ1v) is 6.44. The smallest absolute Gasteiger partial charge is 0.354 e. The molecule has 0 saturated carbocycles. The molecule has 3 nitrogen and oxygen atoms in total. The van der Waals surface area contributed by atoms with Crippen molar-refractivity contribution in [2.24, 2.45) is 0 Å². The van der Waals surface area contributed by atoms with E-state index in [1.54, 1.807) is 25.1 Å². The zero-order chi connectivity index (χ0) is 14.0. The normalized spacial score (nSPS) is 13.3. The van der Waals surface area contributed by atoms with E-state index in [9.17, 15) is 13.2 Å². The molecule has 2 rings (SSSR count). The predicted molar refractivity (Wildman–Crippen MR) is 68.4 cm³/mol. The molecule has 2 aromatic rings. The first-order valence-electron chi connectivity index (χ1n) is 5.29. The Hall–Kier alpha value is -1.34. The largest absolute Gasteiger partial charge is 0.452 e. The average molecular weight is 308 g/mol. The minimum Gasteiger partial charge on any atom is -0.354 e. The Morgan fingerprint density at radius 3 is 2.68 bits per heavy atom. The zero-order valence-electron chi connectivity index (χ0n) is 9.70. The summed E-state index contributed by atoms with van der Waals surface area (Å²) in [5.74, 6) is -1.13. The molecule has 1 atom stereocenters. The van der Waals surface area contributed by atoms with Gasteiger partial charge < -0.3 is 5.32 Å². The predicted octanol–water partition coefficient (Wildman–Crippen LogP) is 4.38. The van der Waals surface area contributed by atoms with Gasteiger partial charge in [0.05, 0.1) is 6.04 Å². The van der Waals surface area contributed by atoms with E-state index in [2.05, 4.69) is 14.7 Å². The van der Waals surface area contributed by atoms with Gasteiger partial charge in [-0.25, -0.2) is 0 Å². The fourth-order valence-electron chi connectivity index (χ4n) is 1.44. The first-order chi connectivity index (χ1) is 8.86. The molecule has 0 saturated heterocycles. The van der Waals surface area contributed by atoms with Gasteiger partial charge in [-0.2, -0.15) is 22.5 Å². The topological polar surface area (TPSA) is 37.8 Å². The number of nitrogens with zero attached hydrogens (tertiary/aromatic N) is 2. The summed E-state index contributed by atoms with van der Waals surface area (Å²) in [6, 6.07) is 6.86. The summed E-state index contributed by atoms with van der Waals surface area (Å²) < 4.78 is 40.3. The second-order valence-electron chi connectivity index (χ2n) is 3.84. The monoisotopic (exact) mass is 307 g/mol. The molecule has 0 radical (unpaired) electrons. The van der Waals surface area contributed by atoms with Crippen molar-refractivity contribution < 1.29 is 13.2 Å². The summed E-state index contributed by atoms with van der Waals surface area (Å²) in [5, 5.41) is 3.56. The van der Waals surface area contributed by atoms with Crippen LogP contribution in [0.5, 0.6) is 0 Å². The Morgan fingerprint density at radius 1 is 1.37 bits per heavy atom. The van der Waals surface area contributed by atoms with E-state index in [4.69, 9.17) is 11.6 Å². The lowest BCUT2D eigenvalue weighted by molar-refractivity contribution is -0.144. The quantitative estimate of drug-likeness (QED) is 0.914. The van der Waals surface area contributed by atoms with E-state index in [1.807, 2.05) is 6.07 Å². The minimum absolute atomic E-state index is 0.125. The lowest BCUT2D eigenvalue weighted by Crippen LogP contribution is -2.09. The number of benzene rings is 1. The molecule has 102 valence electrons. The molecule has 0 amide bonds. The van der Waals surface area contributed by atoms with Crippen molar-refractivity contribution in [3.63, 3.8) is 0 Å². The molecule has 1 aromatic heterocycles. The summed E-state index contributed by atoms with van der Waals surface area (Å²) in [4.78, 5) is 3.41.